The lowest BCUT2D eigenvalue weighted by Crippen LogP contribution is -1.94. The van der Waals surface area contributed by atoms with E-state index < -0.39 is 0 Å². The van der Waals surface area contributed by atoms with E-state index in [4.69, 9.17) is 10.5 Å². The van der Waals surface area contributed by atoms with Gasteiger partial charge >= 0.3 is 0 Å². The molecule has 4 heteroatoms. The first-order valence-corrected chi connectivity index (χ1v) is 4.02. The van der Waals surface area contributed by atoms with E-state index in [1.165, 1.54) is 0 Å². The third kappa shape index (κ3) is 3.04. The molecule has 70 valence electrons. The van der Waals surface area contributed by atoms with Crippen LogP contribution in [0.2, 0.25) is 0 Å². The van der Waals surface area contributed by atoms with Gasteiger partial charge in [0.05, 0.1) is 0 Å². The van der Waals surface area contributed by atoms with E-state index in [-0.39, 0.29) is 0 Å². The van der Waals surface area contributed by atoms with Crippen LogP contribution in [0.1, 0.15) is 5.56 Å². The fraction of sp³-hybridized carbons (Fsp3) is 0.200. The molecule has 0 saturated heterocycles. The molecule has 0 atom stereocenters. The predicted octanol–water partition coefficient (Wildman–Crippen LogP) is 1.59. The lowest BCUT2D eigenvalue weighted by Gasteiger charge is -2.00. The van der Waals surface area contributed by atoms with Gasteiger partial charge in [0.2, 0.25) is 0 Å². The maximum atomic E-state index is 8.28. The number of ether oxygens (including phenoxy) is 2. The largest absolute Gasteiger partial charge is 0.427 e. The number of hydrogen-bond acceptors (Lipinski definition) is 4. The molecule has 0 saturated carbocycles. The third-order valence-corrected chi connectivity index (χ3v) is 1.62. The Balaban J connectivity index is 2.56. The summed E-state index contributed by atoms with van der Waals surface area (Å²) in [6.45, 7) is 0.340. The first-order chi connectivity index (χ1) is 6.86. The van der Waals surface area contributed by atoms with Crippen molar-refractivity contribution in [2.75, 3.05) is 6.61 Å². The van der Waals surface area contributed by atoms with Crippen LogP contribution in [0.25, 0.3) is 0 Å². The first-order valence-electron chi connectivity index (χ1n) is 4.02. The summed E-state index contributed by atoms with van der Waals surface area (Å²) >= 11 is 0. The van der Waals surface area contributed by atoms with Crippen molar-refractivity contribution in [3.63, 3.8) is 0 Å². The second-order valence-electron chi connectivity index (χ2n) is 2.53. The maximum Gasteiger partial charge on any atom is 0.292 e. The van der Waals surface area contributed by atoms with E-state index in [0.29, 0.717) is 18.8 Å². The minimum atomic E-state index is 0.340. The molecule has 4 nitrogen and oxygen atoms in total. The van der Waals surface area contributed by atoms with Gasteiger partial charge in [0.25, 0.3) is 12.5 Å². The molecule has 0 aliphatic carbocycles. The van der Waals surface area contributed by atoms with Crippen molar-refractivity contribution in [1.29, 1.82) is 10.5 Å². The molecule has 0 aliphatic heterocycles. The summed E-state index contributed by atoms with van der Waals surface area (Å²) in [7, 11) is 0. The van der Waals surface area contributed by atoms with E-state index in [9.17, 15) is 0 Å². The molecule has 1 rings (SSSR count). The number of hydrogen-bond donors (Lipinski definition) is 0. The van der Waals surface area contributed by atoms with Crippen molar-refractivity contribution in [3.05, 3.63) is 29.8 Å². The molecule has 0 unspecified atom stereocenters. The lowest BCUT2D eigenvalue weighted by molar-refractivity contribution is 0.274. The summed E-state index contributed by atoms with van der Waals surface area (Å²) in [5.41, 5.74) is 0.966. The lowest BCUT2D eigenvalue weighted by atomic mass is 10.1. The van der Waals surface area contributed by atoms with Gasteiger partial charge in [-0.25, -0.2) is 0 Å². The molecule has 0 amide bonds. The van der Waals surface area contributed by atoms with Crippen LogP contribution in [-0.2, 0) is 11.2 Å². The van der Waals surface area contributed by atoms with Crippen molar-refractivity contribution in [2.24, 2.45) is 0 Å². The van der Waals surface area contributed by atoms with Gasteiger partial charge in [-0.05, 0) is 17.7 Å². The average molecular weight is 188 g/mol. The number of rotatable bonds is 4. The van der Waals surface area contributed by atoms with Crippen molar-refractivity contribution in [2.45, 2.75) is 6.42 Å². The van der Waals surface area contributed by atoms with Crippen LogP contribution in [0.15, 0.2) is 24.3 Å². The van der Waals surface area contributed by atoms with Gasteiger partial charge < -0.3 is 9.47 Å². The molecule has 0 aromatic heterocycles. The van der Waals surface area contributed by atoms with Crippen LogP contribution in [0.4, 0.5) is 0 Å². The molecular formula is C10H8N2O2. The fourth-order valence-electron chi connectivity index (χ4n) is 1.03. The van der Waals surface area contributed by atoms with E-state index in [1.54, 1.807) is 30.7 Å². The zero-order valence-corrected chi connectivity index (χ0v) is 7.43. The van der Waals surface area contributed by atoms with Gasteiger partial charge in [-0.3, -0.25) is 0 Å². The number of nitriles is 2. The van der Waals surface area contributed by atoms with Crippen molar-refractivity contribution in [3.8, 4) is 18.3 Å². The molecule has 0 radical (unpaired) electrons. The van der Waals surface area contributed by atoms with Crippen molar-refractivity contribution in [1.82, 2.24) is 0 Å². The van der Waals surface area contributed by atoms with E-state index >= 15 is 0 Å². The molecule has 0 N–H and O–H groups in total. The Bertz CT molecular complexity index is 376. The fourth-order valence-corrected chi connectivity index (χ4v) is 1.03. The highest BCUT2D eigenvalue weighted by Gasteiger charge is 1.96. The molecule has 0 spiro atoms. The first kappa shape index (κ1) is 9.88. The topological polar surface area (TPSA) is 66.0 Å². The molecule has 14 heavy (non-hydrogen) atoms. The summed E-state index contributed by atoms with van der Waals surface area (Å²) < 4.78 is 9.19. The maximum absolute atomic E-state index is 8.28. The number of benzene rings is 1. The van der Waals surface area contributed by atoms with Crippen LogP contribution in [0, 0.1) is 23.0 Å². The highest BCUT2D eigenvalue weighted by molar-refractivity contribution is 5.29. The summed E-state index contributed by atoms with van der Waals surface area (Å²) in [5.74, 6) is 0.502. The third-order valence-electron chi connectivity index (χ3n) is 1.62. The van der Waals surface area contributed by atoms with Gasteiger partial charge in [-0.2, -0.15) is 5.26 Å². The van der Waals surface area contributed by atoms with Crippen LogP contribution >= 0.6 is 0 Å². The summed E-state index contributed by atoms with van der Waals surface area (Å²) in [5, 5.41) is 16.4. The van der Waals surface area contributed by atoms with E-state index in [2.05, 4.69) is 9.47 Å². The minimum absolute atomic E-state index is 0.340. The Morgan fingerprint density at radius 3 is 2.79 bits per heavy atom. The SMILES string of the molecule is N#COCCc1cccc(OC#N)c1. The molecule has 0 aliphatic rings. The van der Waals surface area contributed by atoms with Crippen LogP contribution in [-0.4, -0.2) is 6.61 Å². The van der Waals surface area contributed by atoms with Gasteiger partial charge in [-0.15, -0.1) is 5.26 Å². The normalized spacial score (nSPS) is 8.43. The van der Waals surface area contributed by atoms with Gasteiger partial charge in [0.15, 0.2) is 0 Å². The quantitative estimate of drug-likeness (QED) is 0.531. The Hall–Kier alpha value is -2.20. The molecule has 0 fully saturated rings. The van der Waals surface area contributed by atoms with Crippen LogP contribution < -0.4 is 4.74 Å². The summed E-state index contributed by atoms with van der Waals surface area (Å²) in [6.07, 6.45) is 3.81. The second-order valence-corrected chi connectivity index (χ2v) is 2.53. The van der Waals surface area contributed by atoms with Gasteiger partial charge in [0.1, 0.15) is 12.4 Å². The number of nitrogens with zero attached hydrogens (tertiary/aromatic N) is 2. The predicted molar refractivity (Wildman–Crippen MR) is 48.0 cm³/mol. The smallest absolute Gasteiger partial charge is 0.292 e. The average Bonchev–Trinajstić information content (AvgIpc) is 2.19. The van der Waals surface area contributed by atoms with Crippen molar-refractivity contribution < 1.29 is 9.47 Å². The second kappa shape index (κ2) is 5.45. The summed E-state index contributed by atoms with van der Waals surface area (Å²) in [4.78, 5) is 0. The Labute approximate surface area is 81.9 Å². The Morgan fingerprint density at radius 1 is 1.21 bits per heavy atom. The Morgan fingerprint density at radius 2 is 2.07 bits per heavy atom. The van der Waals surface area contributed by atoms with Gasteiger partial charge in [0, 0.05) is 6.42 Å². The van der Waals surface area contributed by atoms with E-state index in [1.807, 2.05) is 6.07 Å². The molecule has 1 aromatic rings. The standard InChI is InChI=1S/C10H8N2O2/c11-7-13-5-4-9-2-1-3-10(6-9)14-8-12/h1-3,6H,4-5H2. The Kier molecular flexibility index (Phi) is 3.85. The monoisotopic (exact) mass is 188 g/mol. The van der Waals surface area contributed by atoms with Crippen LogP contribution in [0.5, 0.6) is 5.75 Å². The summed E-state index contributed by atoms with van der Waals surface area (Å²) in [6, 6.07) is 7.10. The van der Waals surface area contributed by atoms with Crippen molar-refractivity contribution >= 4 is 0 Å². The molecule has 0 bridgehead atoms. The van der Waals surface area contributed by atoms with Crippen LogP contribution in [0.3, 0.4) is 0 Å². The molecular weight excluding hydrogens is 180 g/mol. The molecule has 0 heterocycles. The highest BCUT2D eigenvalue weighted by Crippen LogP contribution is 2.13. The minimum Gasteiger partial charge on any atom is -0.427 e. The molecule has 1 aromatic carbocycles. The zero-order valence-electron chi connectivity index (χ0n) is 7.43. The highest BCUT2D eigenvalue weighted by atomic mass is 16.5. The van der Waals surface area contributed by atoms with E-state index in [0.717, 1.165) is 5.56 Å². The zero-order chi connectivity index (χ0) is 10.2. The van der Waals surface area contributed by atoms with Gasteiger partial charge in [-0.1, -0.05) is 12.1 Å².